The maximum absolute atomic E-state index is 11.8. The minimum atomic E-state index is -0.0453. The average Bonchev–Trinajstić information content (AvgIpc) is 2.68. The molecule has 2 aromatic carbocycles. The molecule has 1 fully saturated rings. The summed E-state index contributed by atoms with van der Waals surface area (Å²) in [5.74, 6) is 0.0349. The maximum Gasteiger partial charge on any atom is 0.308 e. The van der Waals surface area contributed by atoms with Crippen molar-refractivity contribution in [3.8, 4) is 0 Å². The smallest absolute Gasteiger partial charge is 0.308 e. The van der Waals surface area contributed by atoms with Crippen LogP contribution in [0.4, 0.5) is 0 Å². The number of carbonyl (C=O) groups is 1. The zero-order valence-electron chi connectivity index (χ0n) is 15.3. The number of halogens is 1. The van der Waals surface area contributed by atoms with E-state index in [2.05, 4.69) is 65.6 Å². The van der Waals surface area contributed by atoms with Gasteiger partial charge in [-0.05, 0) is 36.8 Å². The molecule has 1 aliphatic carbocycles. The van der Waals surface area contributed by atoms with Crippen molar-refractivity contribution in [1.29, 1.82) is 0 Å². The number of esters is 1. The second kappa shape index (κ2) is 10.3. The lowest BCUT2D eigenvalue weighted by atomic mass is 9.85. The molecule has 0 aliphatic heterocycles. The Kier molecular flexibility index (Phi) is 8.14. The number of rotatable bonds is 6. The molecular weight excluding hydrogens is 346 g/mol. The molecule has 0 atom stereocenters. The zero-order valence-corrected chi connectivity index (χ0v) is 16.2. The highest BCUT2D eigenvalue weighted by Crippen LogP contribution is 2.30. The Balaban J connectivity index is 0.00000243. The first-order valence-electron chi connectivity index (χ1n) is 9.16. The molecule has 0 amide bonds. The van der Waals surface area contributed by atoms with Crippen LogP contribution in [0.3, 0.4) is 0 Å². The fraction of sp³-hybridized carbons (Fsp3) is 0.409. The van der Waals surface area contributed by atoms with E-state index in [1.54, 1.807) is 0 Å². The number of methoxy groups -OCH3 is 1. The molecule has 0 spiro atoms. The van der Waals surface area contributed by atoms with Crippen molar-refractivity contribution in [3.63, 3.8) is 0 Å². The monoisotopic (exact) mass is 373 g/mol. The molecule has 1 saturated carbocycles. The van der Waals surface area contributed by atoms with Gasteiger partial charge in [0, 0.05) is 19.1 Å². The van der Waals surface area contributed by atoms with Gasteiger partial charge in [-0.2, -0.15) is 0 Å². The number of hydrogen-bond donors (Lipinski definition) is 0. The molecule has 0 heterocycles. The van der Waals surface area contributed by atoms with E-state index < -0.39 is 0 Å². The zero-order chi connectivity index (χ0) is 17.5. The van der Waals surface area contributed by atoms with Gasteiger partial charge >= 0.3 is 5.97 Å². The maximum atomic E-state index is 11.8. The fourth-order valence-corrected chi connectivity index (χ4v) is 3.79. The molecule has 0 bridgehead atoms. The first-order valence-corrected chi connectivity index (χ1v) is 9.16. The topological polar surface area (TPSA) is 29.5 Å². The molecule has 2 aromatic rings. The van der Waals surface area contributed by atoms with Crippen LogP contribution in [0.2, 0.25) is 0 Å². The van der Waals surface area contributed by atoms with Crippen molar-refractivity contribution in [2.24, 2.45) is 5.92 Å². The predicted molar refractivity (Wildman–Crippen MR) is 107 cm³/mol. The summed E-state index contributed by atoms with van der Waals surface area (Å²) >= 11 is 0. The molecule has 4 heteroatoms. The molecule has 0 N–H and O–H groups in total. The Labute approximate surface area is 162 Å². The van der Waals surface area contributed by atoms with Crippen LogP contribution in [0.1, 0.15) is 36.8 Å². The van der Waals surface area contributed by atoms with E-state index >= 15 is 0 Å². The highest BCUT2D eigenvalue weighted by atomic mass is 35.5. The summed E-state index contributed by atoms with van der Waals surface area (Å²) in [5, 5.41) is 0. The standard InChI is InChI=1S/C22H27NO2.ClH/c1-25-22(24)20-12-14-21(15-13-20)23(16-18-8-4-2-5-9-18)17-19-10-6-3-7-11-19;/h2-11,20-21H,12-17H2,1H3;1H/t20-,21-;. The van der Waals surface area contributed by atoms with Crippen molar-refractivity contribution < 1.29 is 9.53 Å². The third-order valence-electron chi connectivity index (χ3n) is 5.20. The molecule has 1 aliphatic rings. The van der Waals surface area contributed by atoms with Crippen LogP contribution >= 0.6 is 12.4 Å². The van der Waals surface area contributed by atoms with Crippen LogP contribution in [0.5, 0.6) is 0 Å². The van der Waals surface area contributed by atoms with Gasteiger partial charge in [-0.25, -0.2) is 0 Å². The van der Waals surface area contributed by atoms with E-state index in [0.29, 0.717) is 6.04 Å². The summed E-state index contributed by atoms with van der Waals surface area (Å²) in [6.07, 6.45) is 3.97. The van der Waals surface area contributed by atoms with Crippen molar-refractivity contribution in [3.05, 3.63) is 71.8 Å². The number of carbonyl (C=O) groups excluding carboxylic acids is 1. The Morgan fingerprint density at radius 2 is 1.35 bits per heavy atom. The van der Waals surface area contributed by atoms with Crippen LogP contribution in [-0.4, -0.2) is 24.0 Å². The van der Waals surface area contributed by atoms with Gasteiger partial charge in [-0.15, -0.1) is 12.4 Å². The molecule has 0 unspecified atom stereocenters. The van der Waals surface area contributed by atoms with Crippen molar-refractivity contribution in [2.45, 2.75) is 44.8 Å². The van der Waals surface area contributed by atoms with E-state index in [4.69, 9.17) is 4.74 Å². The van der Waals surface area contributed by atoms with E-state index in [-0.39, 0.29) is 24.3 Å². The molecule has 26 heavy (non-hydrogen) atoms. The summed E-state index contributed by atoms with van der Waals surface area (Å²) < 4.78 is 4.92. The third kappa shape index (κ3) is 5.58. The van der Waals surface area contributed by atoms with Gasteiger partial charge in [0.05, 0.1) is 13.0 Å². The van der Waals surface area contributed by atoms with Crippen LogP contribution in [0, 0.1) is 5.92 Å². The molecule has 0 aromatic heterocycles. The number of ether oxygens (including phenoxy) is 1. The van der Waals surface area contributed by atoms with E-state index in [0.717, 1.165) is 38.8 Å². The first kappa shape index (κ1) is 20.5. The lowest BCUT2D eigenvalue weighted by molar-refractivity contribution is -0.147. The predicted octanol–water partition coefficient (Wildman–Crippen LogP) is 4.84. The Bertz CT molecular complexity index is 613. The molecule has 3 rings (SSSR count). The van der Waals surface area contributed by atoms with Crippen LogP contribution < -0.4 is 0 Å². The van der Waals surface area contributed by atoms with Crippen LogP contribution in [-0.2, 0) is 22.6 Å². The fourth-order valence-electron chi connectivity index (χ4n) is 3.79. The second-order valence-corrected chi connectivity index (χ2v) is 6.90. The van der Waals surface area contributed by atoms with Crippen LogP contribution in [0.15, 0.2) is 60.7 Å². The van der Waals surface area contributed by atoms with Gasteiger partial charge in [0.15, 0.2) is 0 Å². The van der Waals surface area contributed by atoms with E-state index in [1.165, 1.54) is 18.2 Å². The number of hydrogen-bond acceptors (Lipinski definition) is 3. The second-order valence-electron chi connectivity index (χ2n) is 6.90. The first-order chi connectivity index (χ1) is 12.3. The van der Waals surface area contributed by atoms with Crippen molar-refractivity contribution in [2.75, 3.05) is 7.11 Å². The Morgan fingerprint density at radius 3 is 1.77 bits per heavy atom. The van der Waals surface area contributed by atoms with E-state index in [1.807, 2.05) is 0 Å². The minimum Gasteiger partial charge on any atom is -0.469 e. The number of benzene rings is 2. The summed E-state index contributed by atoms with van der Waals surface area (Å²) in [7, 11) is 1.49. The molecule has 3 nitrogen and oxygen atoms in total. The van der Waals surface area contributed by atoms with Crippen molar-refractivity contribution in [1.82, 2.24) is 4.90 Å². The molecule has 140 valence electrons. The third-order valence-corrected chi connectivity index (χ3v) is 5.20. The van der Waals surface area contributed by atoms with Gasteiger partial charge in [-0.3, -0.25) is 9.69 Å². The SMILES string of the molecule is COC(=O)[C@H]1CC[C@H](N(Cc2ccccc2)Cc2ccccc2)CC1.Cl. The van der Waals surface area contributed by atoms with Gasteiger partial charge in [0.25, 0.3) is 0 Å². The number of nitrogens with zero attached hydrogens (tertiary/aromatic N) is 1. The van der Waals surface area contributed by atoms with Crippen molar-refractivity contribution >= 4 is 18.4 Å². The quantitative estimate of drug-likeness (QED) is 0.678. The lowest BCUT2D eigenvalue weighted by Crippen LogP contribution is -2.38. The van der Waals surface area contributed by atoms with Gasteiger partial charge in [0.2, 0.25) is 0 Å². The lowest BCUT2D eigenvalue weighted by Gasteiger charge is -2.36. The Morgan fingerprint density at radius 1 is 0.885 bits per heavy atom. The summed E-state index contributed by atoms with van der Waals surface area (Å²) in [6.45, 7) is 1.90. The summed E-state index contributed by atoms with van der Waals surface area (Å²) in [5.41, 5.74) is 2.68. The van der Waals surface area contributed by atoms with E-state index in [9.17, 15) is 4.79 Å². The molecular formula is C22H28ClNO2. The summed E-state index contributed by atoms with van der Waals surface area (Å²) in [4.78, 5) is 14.4. The van der Waals surface area contributed by atoms with Crippen LogP contribution in [0.25, 0.3) is 0 Å². The minimum absolute atomic E-state index is 0. The molecule has 0 saturated heterocycles. The summed E-state index contributed by atoms with van der Waals surface area (Å²) in [6, 6.07) is 21.8. The largest absolute Gasteiger partial charge is 0.469 e. The van der Waals surface area contributed by atoms with Gasteiger partial charge in [-0.1, -0.05) is 60.7 Å². The normalized spacial score (nSPS) is 19.6. The Hall–Kier alpha value is -1.84. The van der Waals surface area contributed by atoms with Gasteiger partial charge < -0.3 is 4.74 Å². The molecule has 0 radical (unpaired) electrons. The highest BCUT2D eigenvalue weighted by Gasteiger charge is 2.30. The van der Waals surface area contributed by atoms with Gasteiger partial charge in [0.1, 0.15) is 0 Å². The highest BCUT2D eigenvalue weighted by molar-refractivity contribution is 5.85. The average molecular weight is 374 g/mol.